The summed E-state index contributed by atoms with van der Waals surface area (Å²) in [5.41, 5.74) is 7.64. The molecule has 0 aliphatic rings. The van der Waals surface area contributed by atoms with E-state index < -0.39 is 6.04 Å². The highest BCUT2D eigenvalue weighted by molar-refractivity contribution is 9.10. The second-order valence-corrected chi connectivity index (χ2v) is 5.70. The van der Waals surface area contributed by atoms with Crippen LogP contribution in [0.1, 0.15) is 11.1 Å². The molecule has 21 heavy (non-hydrogen) atoms. The minimum atomic E-state index is -0.681. The van der Waals surface area contributed by atoms with E-state index in [1.165, 1.54) is 0 Å². The third kappa shape index (κ3) is 4.27. The Kier molecular flexibility index (Phi) is 4.93. The molecule has 110 valence electrons. The van der Waals surface area contributed by atoms with Crippen molar-refractivity contribution in [2.75, 3.05) is 5.32 Å². The predicted molar refractivity (Wildman–Crippen MR) is 85.1 cm³/mol. The summed E-state index contributed by atoms with van der Waals surface area (Å²) in [5, 5.41) is 11.9. The van der Waals surface area contributed by atoms with Gasteiger partial charge >= 0.3 is 0 Å². The number of pyridine rings is 1. The highest BCUT2D eigenvalue weighted by Gasteiger charge is 2.15. The molecule has 0 aliphatic carbocycles. The lowest BCUT2D eigenvalue weighted by atomic mass is 10.1. The van der Waals surface area contributed by atoms with Gasteiger partial charge in [-0.2, -0.15) is 0 Å². The van der Waals surface area contributed by atoms with Crippen LogP contribution in [0.4, 0.5) is 5.82 Å². The normalized spacial score (nSPS) is 12.0. The zero-order chi connectivity index (χ0) is 15.4. The van der Waals surface area contributed by atoms with E-state index in [0.29, 0.717) is 12.2 Å². The van der Waals surface area contributed by atoms with E-state index in [2.05, 4.69) is 26.2 Å². The molecular formula is C15H16BrN3O2. The first kappa shape index (κ1) is 15.5. The third-order valence-corrected chi connectivity index (χ3v) is 3.45. The van der Waals surface area contributed by atoms with Crippen molar-refractivity contribution in [2.24, 2.45) is 5.73 Å². The maximum atomic E-state index is 12.1. The Labute approximate surface area is 131 Å². The fraction of sp³-hybridized carbons (Fsp3) is 0.200. The Bertz CT molecular complexity index is 644. The number of benzene rings is 1. The van der Waals surface area contributed by atoms with Gasteiger partial charge in [0, 0.05) is 10.7 Å². The first-order chi connectivity index (χ1) is 9.95. The maximum Gasteiger partial charge on any atom is 0.242 e. The van der Waals surface area contributed by atoms with Crippen LogP contribution >= 0.6 is 15.9 Å². The van der Waals surface area contributed by atoms with Crippen molar-refractivity contribution in [3.8, 4) is 5.75 Å². The maximum absolute atomic E-state index is 12.1. The Morgan fingerprint density at radius 1 is 1.43 bits per heavy atom. The zero-order valence-corrected chi connectivity index (χ0v) is 13.1. The van der Waals surface area contributed by atoms with Crippen molar-refractivity contribution in [1.82, 2.24) is 4.98 Å². The molecule has 6 heteroatoms. The second kappa shape index (κ2) is 6.69. The molecule has 4 N–H and O–H groups in total. The molecule has 0 aliphatic heterocycles. The van der Waals surface area contributed by atoms with E-state index in [0.717, 1.165) is 15.6 Å². The van der Waals surface area contributed by atoms with Gasteiger partial charge in [0.15, 0.2) is 0 Å². The highest BCUT2D eigenvalue weighted by Crippen LogP contribution is 2.17. The fourth-order valence-electron chi connectivity index (χ4n) is 1.86. The number of halogens is 1. The second-order valence-electron chi connectivity index (χ2n) is 4.79. The van der Waals surface area contributed by atoms with Gasteiger partial charge in [0.25, 0.3) is 0 Å². The molecule has 5 nitrogen and oxygen atoms in total. The summed E-state index contributed by atoms with van der Waals surface area (Å²) in [6.45, 7) is 1.86. The number of nitrogens with two attached hydrogens (primary N) is 1. The molecule has 2 rings (SSSR count). The molecule has 0 fully saturated rings. The van der Waals surface area contributed by atoms with Gasteiger partial charge in [0.1, 0.15) is 11.6 Å². The molecule has 0 radical (unpaired) electrons. The van der Waals surface area contributed by atoms with Crippen LogP contribution < -0.4 is 11.1 Å². The van der Waals surface area contributed by atoms with Crippen LogP contribution in [-0.2, 0) is 11.2 Å². The average molecular weight is 350 g/mol. The van der Waals surface area contributed by atoms with Gasteiger partial charge in [0.2, 0.25) is 5.91 Å². The van der Waals surface area contributed by atoms with Crippen molar-refractivity contribution in [3.63, 3.8) is 0 Å². The number of rotatable bonds is 4. The molecule has 1 unspecified atom stereocenters. The lowest BCUT2D eigenvalue weighted by Crippen LogP contribution is -2.37. The van der Waals surface area contributed by atoms with Crippen molar-refractivity contribution >= 4 is 27.7 Å². The molecule has 1 aromatic carbocycles. The quantitative estimate of drug-likeness (QED) is 0.790. The Morgan fingerprint density at radius 3 is 2.71 bits per heavy atom. The summed E-state index contributed by atoms with van der Waals surface area (Å²) in [6, 6.07) is 7.81. The number of aryl methyl sites for hydroxylation is 1. The number of anilines is 1. The minimum absolute atomic E-state index is 0.187. The number of phenolic OH excluding ortho intramolecular Hbond substituents is 1. The lowest BCUT2D eigenvalue weighted by Gasteiger charge is -2.13. The van der Waals surface area contributed by atoms with E-state index in [9.17, 15) is 9.90 Å². The van der Waals surface area contributed by atoms with Gasteiger partial charge in [-0.3, -0.25) is 4.79 Å². The van der Waals surface area contributed by atoms with Crippen LogP contribution in [0.2, 0.25) is 0 Å². The van der Waals surface area contributed by atoms with E-state index in [1.54, 1.807) is 30.5 Å². The molecule has 1 atom stereocenters. The first-order valence-electron chi connectivity index (χ1n) is 6.42. The number of hydrogen-bond acceptors (Lipinski definition) is 4. The first-order valence-corrected chi connectivity index (χ1v) is 7.21. The summed E-state index contributed by atoms with van der Waals surface area (Å²) >= 11 is 3.32. The van der Waals surface area contributed by atoms with Gasteiger partial charge in [-0.1, -0.05) is 12.1 Å². The number of aromatic hydroxyl groups is 1. The molecule has 0 saturated heterocycles. The molecule has 0 saturated carbocycles. The number of amides is 1. The molecule has 2 aromatic rings. The van der Waals surface area contributed by atoms with Crippen LogP contribution in [0.25, 0.3) is 0 Å². The number of hydrogen-bond donors (Lipinski definition) is 3. The largest absolute Gasteiger partial charge is 0.508 e. The SMILES string of the molecule is Cc1cc(Br)cnc1NC(=O)C(N)Cc1ccc(O)cc1. The molecular weight excluding hydrogens is 334 g/mol. The van der Waals surface area contributed by atoms with Gasteiger partial charge < -0.3 is 16.2 Å². The van der Waals surface area contributed by atoms with Crippen LogP contribution in [0, 0.1) is 6.92 Å². The van der Waals surface area contributed by atoms with Crippen LogP contribution in [0.5, 0.6) is 5.75 Å². The smallest absolute Gasteiger partial charge is 0.242 e. The molecule has 0 spiro atoms. The van der Waals surface area contributed by atoms with Gasteiger partial charge in [-0.15, -0.1) is 0 Å². The van der Waals surface area contributed by atoms with E-state index >= 15 is 0 Å². The molecule has 1 amide bonds. The number of nitrogens with one attached hydrogen (secondary N) is 1. The minimum Gasteiger partial charge on any atom is -0.508 e. The zero-order valence-electron chi connectivity index (χ0n) is 11.5. The molecule has 1 aromatic heterocycles. The summed E-state index contributed by atoms with van der Waals surface area (Å²) in [7, 11) is 0. The van der Waals surface area contributed by atoms with Gasteiger partial charge in [-0.05, 0) is 58.6 Å². The summed E-state index contributed by atoms with van der Waals surface area (Å²) in [5.74, 6) is 0.400. The topological polar surface area (TPSA) is 88.2 Å². The molecule has 1 heterocycles. The Morgan fingerprint density at radius 2 is 2.10 bits per heavy atom. The van der Waals surface area contributed by atoms with Crippen molar-refractivity contribution in [1.29, 1.82) is 0 Å². The molecule has 0 bridgehead atoms. The third-order valence-electron chi connectivity index (χ3n) is 3.02. The Hall–Kier alpha value is -1.92. The van der Waals surface area contributed by atoms with Gasteiger partial charge in [0.05, 0.1) is 6.04 Å². The van der Waals surface area contributed by atoms with Crippen LogP contribution in [0.3, 0.4) is 0 Å². The van der Waals surface area contributed by atoms with Crippen molar-refractivity contribution in [3.05, 3.63) is 52.1 Å². The van der Waals surface area contributed by atoms with Crippen molar-refractivity contribution in [2.45, 2.75) is 19.4 Å². The van der Waals surface area contributed by atoms with Crippen LogP contribution in [0.15, 0.2) is 41.0 Å². The average Bonchev–Trinajstić information content (AvgIpc) is 2.44. The van der Waals surface area contributed by atoms with E-state index in [-0.39, 0.29) is 11.7 Å². The standard InChI is InChI=1S/C15H16BrN3O2/c1-9-6-11(16)8-18-14(9)19-15(21)13(17)7-10-2-4-12(20)5-3-10/h2-6,8,13,20H,7,17H2,1H3,(H,18,19,21). The monoisotopic (exact) mass is 349 g/mol. The predicted octanol–water partition coefficient (Wildman–Crippen LogP) is 2.37. The highest BCUT2D eigenvalue weighted by atomic mass is 79.9. The number of aromatic nitrogens is 1. The number of phenols is 1. The van der Waals surface area contributed by atoms with E-state index in [1.807, 2.05) is 13.0 Å². The van der Waals surface area contributed by atoms with Crippen LogP contribution in [-0.4, -0.2) is 22.0 Å². The Balaban J connectivity index is 2.00. The lowest BCUT2D eigenvalue weighted by molar-refractivity contribution is -0.117. The number of carbonyl (C=O) groups excluding carboxylic acids is 1. The summed E-state index contributed by atoms with van der Waals surface area (Å²) < 4.78 is 0.853. The number of nitrogens with zero attached hydrogens (tertiary/aromatic N) is 1. The summed E-state index contributed by atoms with van der Waals surface area (Å²) in [6.07, 6.45) is 2.01. The van der Waals surface area contributed by atoms with Gasteiger partial charge in [-0.25, -0.2) is 4.98 Å². The van der Waals surface area contributed by atoms with E-state index in [4.69, 9.17) is 5.73 Å². The number of carbonyl (C=O) groups is 1. The van der Waals surface area contributed by atoms with Crippen molar-refractivity contribution < 1.29 is 9.90 Å². The fourth-order valence-corrected chi connectivity index (χ4v) is 2.31. The summed E-state index contributed by atoms with van der Waals surface area (Å²) in [4.78, 5) is 16.2.